The lowest BCUT2D eigenvalue weighted by Gasteiger charge is -2.12. The monoisotopic (exact) mass is 380 g/mol. The molecule has 0 radical (unpaired) electrons. The first-order valence-corrected chi connectivity index (χ1v) is 8.40. The van der Waals surface area contributed by atoms with E-state index in [0.717, 1.165) is 11.4 Å². The van der Waals surface area contributed by atoms with Crippen LogP contribution in [0.15, 0.2) is 54.7 Å². The molecule has 0 aliphatic heterocycles. The minimum atomic E-state index is -0.386. The zero-order valence-corrected chi connectivity index (χ0v) is 15.7. The second-order valence-corrected chi connectivity index (χ2v) is 5.64. The van der Waals surface area contributed by atoms with Gasteiger partial charge in [-0.3, -0.25) is 4.79 Å². The summed E-state index contributed by atoms with van der Waals surface area (Å²) in [4.78, 5) is 21.0. The first-order chi connectivity index (χ1) is 13.6. The standard InChI is InChI=1S/C20H20N4O4/c1-26-14-6-4-13(5-7-14)22-20-21-11-10-17(24-20)19(25)23-16-9-8-15(27-2)12-18(16)28-3/h4-12H,1-3H3,(H,23,25)(H,21,22,24). The van der Waals surface area contributed by atoms with Crippen LogP contribution in [0.4, 0.5) is 17.3 Å². The molecule has 3 rings (SSSR count). The fourth-order valence-corrected chi connectivity index (χ4v) is 2.44. The van der Waals surface area contributed by atoms with Crippen LogP contribution in [0.5, 0.6) is 17.2 Å². The van der Waals surface area contributed by atoms with Crippen molar-refractivity contribution in [1.82, 2.24) is 9.97 Å². The van der Waals surface area contributed by atoms with E-state index in [1.54, 1.807) is 32.4 Å². The van der Waals surface area contributed by atoms with E-state index in [1.165, 1.54) is 19.4 Å². The summed E-state index contributed by atoms with van der Waals surface area (Å²) in [7, 11) is 4.68. The maximum absolute atomic E-state index is 12.6. The summed E-state index contributed by atoms with van der Waals surface area (Å²) in [6.07, 6.45) is 1.51. The van der Waals surface area contributed by atoms with E-state index in [-0.39, 0.29) is 11.6 Å². The summed E-state index contributed by atoms with van der Waals surface area (Å²) >= 11 is 0. The highest BCUT2D eigenvalue weighted by atomic mass is 16.5. The largest absolute Gasteiger partial charge is 0.497 e. The van der Waals surface area contributed by atoms with E-state index in [4.69, 9.17) is 14.2 Å². The lowest BCUT2D eigenvalue weighted by molar-refractivity contribution is 0.102. The number of methoxy groups -OCH3 is 3. The SMILES string of the molecule is COc1ccc(Nc2nccc(C(=O)Nc3ccc(OC)cc3OC)n2)cc1. The Morgan fingerprint density at radius 1 is 0.893 bits per heavy atom. The number of nitrogens with one attached hydrogen (secondary N) is 2. The minimum Gasteiger partial charge on any atom is -0.497 e. The zero-order chi connectivity index (χ0) is 19.9. The van der Waals surface area contributed by atoms with Gasteiger partial charge < -0.3 is 24.8 Å². The van der Waals surface area contributed by atoms with Crippen LogP contribution in [-0.2, 0) is 0 Å². The van der Waals surface area contributed by atoms with Gasteiger partial charge in [-0.15, -0.1) is 0 Å². The quantitative estimate of drug-likeness (QED) is 0.648. The highest BCUT2D eigenvalue weighted by molar-refractivity contribution is 6.03. The van der Waals surface area contributed by atoms with Gasteiger partial charge >= 0.3 is 0 Å². The third-order valence-electron chi connectivity index (χ3n) is 3.89. The van der Waals surface area contributed by atoms with Gasteiger partial charge in [0.1, 0.15) is 22.9 Å². The Kier molecular flexibility index (Phi) is 5.91. The van der Waals surface area contributed by atoms with Crippen molar-refractivity contribution < 1.29 is 19.0 Å². The number of hydrogen-bond donors (Lipinski definition) is 2. The van der Waals surface area contributed by atoms with Crippen LogP contribution >= 0.6 is 0 Å². The highest BCUT2D eigenvalue weighted by Gasteiger charge is 2.13. The Hall–Kier alpha value is -3.81. The average Bonchev–Trinajstić information content (AvgIpc) is 2.74. The summed E-state index contributed by atoms with van der Waals surface area (Å²) < 4.78 is 15.6. The normalized spacial score (nSPS) is 10.1. The van der Waals surface area contributed by atoms with Gasteiger partial charge in [-0.05, 0) is 42.5 Å². The third-order valence-corrected chi connectivity index (χ3v) is 3.89. The van der Waals surface area contributed by atoms with Gasteiger partial charge in [-0.2, -0.15) is 0 Å². The summed E-state index contributed by atoms with van der Waals surface area (Å²) in [5.41, 5.74) is 1.50. The van der Waals surface area contributed by atoms with Crippen LogP contribution in [0.25, 0.3) is 0 Å². The molecule has 0 bridgehead atoms. The number of hydrogen-bond acceptors (Lipinski definition) is 7. The Balaban J connectivity index is 1.75. The number of nitrogens with zero attached hydrogens (tertiary/aromatic N) is 2. The Morgan fingerprint density at radius 3 is 2.29 bits per heavy atom. The topological polar surface area (TPSA) is 94.6 Å². The van der Waals surface area contributed by atoms with Gasteiger partial charge in [0.25, 0.3) is 5.91 Å². The van der Waals surface area contributed by atoms with Crippen molar-refractivity contribution in [2.75, 3.05) is 32.0 Å². The molecular formula is C20H20N4O4. The molecule has 1 aromatic heterocycles. The van der Waals surface area contributed by atoms with Crippen molar-refractivity contribution in [2.24, 2.45) is 0 Å². The predicted octanol–water partition coefficient (Wildman–Crippen LogP) is 3.50. The van der Waals surface area contributed by atoms with Gasteiger partial charge in [-0.1, -0.05) is 0 Å². The Labute approximate surface area is 162 Å². The average molecular weight is 380 g/mol. The van der Waals surface area contributed by atoms with Crippen LogP contribution in [0, 0.1) is 0 Å². The van der Waals surface area contributed by atoms with Crippen molar-refractivity contribution in [1.29, 1.82) is 0 Å². The van der Waals surface area contributed by atoms with Gasteiger partial charge in [0.15, 0.2) is 0 Å². The van der Waals surface area contributed by atoms with E-state index in [2.05, 4.69) is 20.6 Å². The second kappa shape index (κ2) is 8.72. The summed E-state index contributed by atoms with van der Waals surface area (Å²) in [6.45, 7) is 0. The minimum absolute atomic E-state index is 0.212. The Morgan fingerprint density at radius 2 is 1.61 bits per heavy atom. The first-order valence-electron chi connectivity index (χ1n) is 8.40. The number of rotatable bonds is 7. The second-order valence-electron chi connectivity index (χ2n) is 5.64. The fourth-order valence-electron chi connectivity index (χ4n) is 2.44. The molecule has 144 valence electrons. The summed E-state index contributed by atoms with van der Waals surface area (Å²) in [6, 6.07) is 13.9. The molecule has 2 N–H and O–H groups in total. The van der Waals surface area contributed by atoms with Crippen molar-refractivity contribution >= 4 is 23.2 Å². The number of aromatic nitrogens is 2. The molecule has 0 spiro atoms. The Bertz CT molecular complexity index is 961. The van der Waals surface area contributed by atoms with Crippen molar-refractivity contribution in [3.63, 3.8) is 0 Å². The van der Waals surface area contributed by atoms with Crippen LogP contribution in [-0.4, -0.2) is 37.2 Å². The van der Waals surface area contributed by atoms with E-state index in [0.29, 0.717) is 23.1 Å². The number of ether oxygens (including phenoxy) is 3. The molecule has 8 nitrogen and oxygen atoms in total. The van der Waals surface area contributed by atoms with E-state index in [9.17, 15) is 4.79 Å². The molecule has 0 atom stereocenters. The van der Waals surface area contributed by atoms with Crippen LogP contribution < -0.4 is 24.8 Å². The molecule has 0 aliphatic rings. The van der Waals surface area contributed by atoms with Crippen LogP contribution in [0.1, 0.15) is 10.5 Å². The molecule has 1 heterocycles. The first kappa shape index (κ1) is 19.0. The number of carbonyl (C=O) groups excluding carboxylic acids is 1. The number of carbonyl (C=O) groups is 1. The van der Waals surface area contributed by atoms with Gasteiger partial charge in [-0.25, -0.2) is 9.97 Å². The molecule has 0 fully saturated rings. The van der Waals surface area contributed by atoms with E-state index < -0.39 is 0 Å². The molecule has 1 amide bonds. The van der Waals surface area contributed by atoms with Crippen LogP contribution in [0.3, 0.4) is 0 Å². The smallest absolute Gasteiger partial charge is 0.274 e. The molecule has 0 saturated carbocycles. The maximum atomic E-state index is 12.6. The lowest BCUT2D eigenvalue weighted by atomic mass is 10.2. The third kappa shape index (κ3) is 4.47. The molecule has 2 aromatic carbocycles. The predicted molar refractivity (Wildman–Crippen MR) is 106 cm³/mol. The molecule has 8 heteroatoms. The molecule has 0 unspecified atom stereocenters. The molecule has 0 saturated heterocycles. The zero-order valence-electron chi connectivity index (χ0n) is 15.7. The summed E-state index contributed by atoms with van der Waals surface area (Å²) in [5.74, 6) is 1.78. The number of amides is 1. The van der Waals surface area contributed by atoms with Crippen molar-refractivity contribution in [2.45, 2.75) is 0 Å². The summed E-state index contributed by atoms with van der Waals surface area (Å²) in [5, 5.41) is 5.83. The maximum Gasteiger partial charge on any atom is 0.274 e. The molecular weight excluding hydrogens is 360 g/mol. The lowest BCUT2D eigenvalue weighted by Crippen LogP contribution is -2.15. The molecule has 0 aliphatic carbocycles. The molecule has 3 aromatic rings. The van der Waals surface area contributed by atoms with Crippen LogP contribution in [0.2, 0.25) is 0 Å². The highest BCUT2D eigenvalue weighted by Crippen LogP contribution is 2.29. The van der Waals surface area contributed by atoms with E-state index in [1.807, 2.05) is 24.3 Å². The fraction of sp³-hybridized carbons (Fsp3) is 0.150. The number of anilines is 3. The molecule has 28 heavy (non-hydrogen) atoms. The van der Waals surface area contributed by atoms with E-state index >= 15 is 0 Å². The van der Waals surface area contributed by atoms with Gasteiger partial charge in [0.05, 0.1) is 27.0 Å². The number of benzene rings is 2. The van der Waals surface area contributed by atoms with Crippen molar-refractivity contribution in [3.8, 4) is 17.2 Å². The van der Waals surface area contributed by atoms with Gasteiger partial charge in [0.2, 0.25) is 5.95 Å². The van der Waals surface area contributed by atoms with Gasteiger partial charge in [0, 0.05) is 18.0 Å². The van der Waals surface area contributed by atoms with Crippen molar-refractivity contribution in [3.05, 3.63) is 60.4 Å².